The first kappa shape index (κ1) is 19.2. The van der Waals surface area contributed by atoms with Gasteiger partial charge in [0.05, 0.1) is 11.3 Å². The van der Waals surface area contributed by atoms with Crippen LogP contribution >= 0.6 is 11.8 Å². The van der Waals surface area contributed by atoms with Crippen LogP contribution < -0.4 is 15.6 Å². The lowest BCUT2D eigenvalue weighted by molar-refractivity contribution is -0.128. The summed E-state index contributed by atoms with van der Waals surface area (Å²) < 4.78 is 31.7. The van der Waals surface area contributed by atoms with Crippen LogP contribution in [-0.4, -0.2) is 24.2 Å². The second kappa shape index (κ2) is 9.39. The second-order valence-electron chi connectivity index (χ2n) is 4.86. The molecule has 2 aromatic carbocycles. The Morgan fingerprint density at radius 2 is 1.85 bits per heavy atom. The summed E-state index contributed by atoms with van der Waals surface area (Å²) in [4.78, 5) is 23.3. The molecule has 0 atom stereocenters. The van der Waals surface area contributed by atoms with Crippen LogP contribution in [0.15, 0.2) is 47.4 Å². The molecule has 6 nitrogen and oxygen atoms in total. The van der Waals surface area contributed by atoms with Gasteiger partial charge in [0, 0.05) is 4.90 Å². The molecule has 0 aliphatic heterocycles. The Morgan fingerprint density at radius 3 is 2.62 bits per heavy atom. The summed E-state index contributed by atoms with van der Waals surface area (Å²) in [7, 11) is 0. The van der Waals surface area contributed by atoms with Gasteiger partial charge in [0.2, 0.25) is 5.91 Å². The number of carbonyl (C=O) groups is 2. The highest BCUT2D eigenvalue weighted by Gasteiger charge is 2.10. The fraction of sp³-hybridized carbons (Fsp3) is 0.118. The minimum absolute atomic E-state index is 0.0112. The monoisotopic (exact) mass is 377 g/mol. The highest BCUT2D eigenvalue weighted by Crippen LogP contribution is 2.22. The SMILES string of the molecule is N#Cc1ccccc1OCC(=O)NNC(=O)CSc1cc(F)ccc1F. The average molecular weight is 377 g/mol. The van der Waals surface area contributed by atoms with Crippen LogP contribution in [0.4, 0.5) is 8.78 Å². The molecule has 26 heavy (non-hydrogen) atoms. The van der Waals surface area contributed by atoms with E-state index in [-0.39, 0.29) is 22.0 Å². The first-order valence-electron chi connectivity index (χ1n) is 7.27. The van der Waals surface area contributed by atoms with Crippen LogP contribution in [0, 0.1) is 23.0 Å². The number of ether oxygens (including phenoxy) is 1. The van der Waals surface area contributed by atoms with Crippen LogP contribution in [-0.2, 0) is 9.59 Å². The van der Waals surface area contributed by atoms with Crippen molar-refractivity contribution in [2.45, 2.75) is 4.90 Å². The number of para-hydroxylation sites is 1. The molecule has 2 amide bonds. The molecule has 0 radical (unpaired) electrons. The largest absolute Gasteiger partial charge is 0.482 e. The highest BCUT2D eigenvalue weighted by atomic mass is 32.2. The van der Waals surface area contributed by atoms with Crippen molar-refractivity contribution in [2.75, 3.05) is 12.4 Å². The zero-order chi connectivity index (χ0) is 18.9. The zero-order valence-corrected chi connectivity index (χ0v) is 14.1. The Bertz CT molecular complexity index is 855. The van der Waals surface area contributed by atoms with Crippen molar-refractivity contribution in [1.82, 2.24) is 10.9 Å². The third-order valence-corrected chi connectivity index (χ3v) is 3.99. The Balaban J connectivity index is 1.74. The number of rotatable bonds is 6. The number of hydrazine groups is 1. The van der Waals surface area contributed by atoms with Gasteiger partial charge in [-0.3, -0.25) is 20.4 Å². The lowest BCUT2D eigenvalue weighted by Crippen LogP contribution is -2.44. The van der Waals surface area contributed by atoms with E-state index in [1.165, 1.54) is 12.1 Å². The topological polar surface area (TPSA) is 91.2 Å². The van der Waals surface area contributed by atoms with Crippen LogP contribution in [0.5, 0.6) is 5.75 Å². The molecule has 134 valence electrons. The van der Waals surface area contributed by atoms with Crippen LogP contribution in [0.1, 0.15) is 5.56 Å². The molecule has 0 aromatic heterocycles. The highest BCUT2D eigenvalue weighted by molar-refractivity contribution is 8.00. The molecule has 9 heteroatoms. The minimum Gasteiger partial charge on any atom is -0.482 e. The molecular weight excluding hydrogens is 364 g/mol. The molecule has 2 aromatic rings. The van der Waals surface area contributed by atoms with Crippen molar-refractivity contribution >= 4 is 23.6 Å². The lowest BCUT2D eigenvalue weighted by atomic mass is 10.2. The number of amides is 2. The van der Waals surface area contributed by atoms with Crippen molar-refractivity contribution in [3.8, 4) is 11.8 Å². The Hall–Kier alpha value is -3.12. The standard InChI is InChI=1S/C17H13F2N3O3S/c18-12-5-6-13(19)15(7-12)26-10-17(24)22-21-16(23)9-25-14-4-2-1-3-11(14)8-20/h1-7H,9-10H2,(H,21,23)(H,22,24). The van der Waals surface area contributed by atoms with Gasteiger partial charge >= 0.3 is 0 Å². The van der Waals surface area contributed by atoms with Gasteiger partial charge < -0.3 is 4.74 Å². The van der Waals surface area contributed by atoms with Gasteiger partial charge in [-0.2, -0.15) is 5.26 Å². The maximum Gasteiger partial charge on any atom is 0.276 e. The number of hydrogen-bond acceptors (Lipinski definition) is 5. The van der Waals surface area contributed by atoms with Gasteiger partial charge in [-0.25, -0.2) is 8.78 Å². The number of carbonyl (C=O) groups excluding carboxylic acids is 2. The smallest absolute Gasteiger partial charge is 0.276 e. The predicted octanol–water partition coefficient (Wildman–Crippen LogP) is 2.15. The molecule has 0 heterocycles. The average Bonchev–Trinajstić information content (AvgIpc) is 2.65. The molecule has 0 unspecified atom stereocenters. The van der Waals surface area contributed by atoms with E-state index in [1.807, 2.05) is 6.07 Å². The Morgan fingerprint density at radius 1 is 1.12 bits per heavy atom. The zero-order valence-electron chi connectivity index (χ0n) is 13.3. The number of nitriles is 1. The molecule has 0 saturated carbocycles. The number of nitrogens with one attached hydrogen (secondary N) is 2. The number of hydrogen-bond donors (Lipinski definition) is 2. The van der Waals surface area contributed by atoms with E-state index < -0.39 is 30.1 Å². The molecule has 0 saturated heterocycles. The first-order valence-corrected chi connectivity index (χ1v) is 8.25. The fourth-order valence-electron chi connectivity index (χ4n) is 1.77. The van der Waals surface area contributed by atoms with E-state index in [0.29, 0.717) is 0 Å². The molecule has 0 fully saturated rings. The van der Waals surface area contributed by atoms with E-state index in [4.69, 9.17) is 10.00 Å². The van der Waals surface area contributed by atoms with Crippen molar-refractivity contribution in [2.24, 2.45) is 0 Å². The molecule has 2 N–H and O–H groups in total. The maximum atomic E-state index is 13.4. The van der Waals surface area contributed by atoms with E-state index in [0.717, 1.165) is 30.0 Å². The first-order chi connectivity index (χ1) is 12.5. The number of thioether (sulfide) groups is 1. The van der Waals surface area contributed by atoms with Crippen LogP contribution in [0.3, 0.4) is 0 Å². The lowest BCUT2D eigenvalue weighted by Gasteiger charge is -2.09. The molecule has 0 aliphatic carbocycles. The van der Waals surface area contributed by atoms with Crippen molar-refractivity contribution < 1.29 is 23.1 Å². The van der Waals surface area contributed by atoms with Gasteiger partial charge in [0.15, 0.2) is 6.61 Å². The second-order valence-corrected chi connectivity index (χ2v) is 5.87. The van der Waals surface area contributed by atoms with Gasteiger partial charge in [-0.15, -0.1) is 11.8 Å². The van der Waals surface area contributed by atoms with E-state index >= 15 is 0 Å². The summed E-state index contributed by atoms with van der Waals surface area (Å²) in [5.41, 5.74) is 4.53. The van der Waals surface area contributed by atoms with Crippen molar-refractivity contribution in [3.05, 3.63) is 59.7 Å². The Labute approximate surface area is 152 Å². The summed E-state index contributed by atoms with van der Waals surface area (Å²) >= 11 is 0.791. The summed E-state index contributed by atoms with van der Waals surface area (Å²) in [5.74, 6) is -2.49. The normalized spacial score (nSPS) is 9.88. The van der Waals surface area contributed by atoms with Crippen molar-refractivity contribution in [3.63, 3.8) is 0 Å². The molecule has 2 rings (SSSR count). The van der Waals surface area contributed by atoms with Gasteiger partial charge in [-0.1, -0.05) is 12.1 Å². The quantitative estimate of drug-likeness (QED) is 0.595. The minimum atomic E-state index is -0.645. The van der Waals surface area contributed by atoms with Crippen LogP contribution in [0.2, 0.25) is 0 Å². The fourth-order valence-corrected chi connectivity index (χ4v) is 2.53. The molecule has 0 bridgehead atoms. The van der Waals surface area contributed by atoms with Gasteiger partial charge in [0.25, 0.3) is 5.91 Å². The summed E-state index contributed by atoms with van der Waals surface area (Å²) in [6, 6.07) is 11.2. The molecule has 0 spiro atoms. The third kappa shape index (κ3) is 5.75. The number of nitrogens with zero attached hydrogens (tertiary/aromatic N) is 1. The number of halogens is 2. The van der Waals surface area contributed by atoms with Gasteiger partial charge in [0.1, 0.15) is 23.5 Å². The van der Waals surface area contributed by atoms with Crippen molar-refractivity contribution in [1.29, 1.82) is 5.26 Å². The van der Waals surface area contributed by atoms with E-state index in [1.54, 1.807) is 12.1 Å². The Kier molecular flexibility index (Phi) is 6.93. The predicted molar refractivity (Wildman–Crippen MR) is 90.0 cm³/mol. The third-order valence-electron chi connectivity index (χ3n) is 2.96. The molecular formula is C17H13F2N3O3S. The summed E-state index contributed by atoms with van der Waals surface area (Å²) in [6.45, 7) is -0.412. The molecule has 0 aliphatic rings. The maximum absolute atomic E-state index is 13.4. The van der Waals surface area contributed by atoms with Gasteiger partial charge in [-0.05, 0) is 30.3 Å². The van der Waals surface area contributed by atoms with E-state index in [9.17, 15) is 18.4 Å². The summed E-state index contributed by atoms with van der Waals surface area (Å²) in [5, 5.41) is 8.91. The summed E-state index contributed by atoms with van der Waals surface area (Å²) in [6.07, 6.45) is 0. The van der Waals surface area contributed by atoms with Crippen LogP contribution in [0.25, 0.3) is 0 Å². The van der Waals surface area contributed by atoms with E-state index in [2.05, 4.69) is 10.9 Å². The number of benzene rings is 2.